The van der Waals surface area contributed by atoms with Crippen LogP contribution in [0.3, 0.4) is 0 Å². The lowest BCUT2D eigenvalue weighted by molar-refractivity contribution is 0.198. The highest BCUT2D eigenvalue weighted by Crippen LogP contribution is 2.18. The molecular weight excluding hydrogens is 314 g/mol. The average molecular weight is 337 g/mol. The van der Waals surface area contributed by atoms with Gasteiger partial charge in [-0.25, -0.2) is 4.79 Å². The van der Waals surface area contributed by atoms with Gasteiger partial charge in [0, 0.05) is 43.6 Å². The van der Waals surface area contributed by atoms with Crippen molar-refractivity contribution >= 4 is 17.8 Å². The highest BCUT2D eigenvalue weighted by molar-refractivity contribution is 5.76. The van der Waals surface area contributed by atoms with Gasteiger partial charge < -0.3 is 19.9 Å². The third-order valence-corrected chi connectivity index (χ3v) is 4.30. The van der Waals surface area contributed by atoms with E-state index >= 15 is 0 Å². The van der Waals surface area contributed by atoms with Gasteiger partial charge >= 0.3 is 6.03 Å². The van der Waals surface area contributed by atoms with Crippen molar-refractivity contribution in [2.75, 3.05) is 38.2 Å². The van der Waals surface area contributed by atoms with E-state index in [4.69, 9.17) is 4.74 Å². The van der Waals surface area contributed by atoms with Crippen LogP contribution in [0.1, 0.15) is 5.56 Å². The average Bonchev–Trinajstić information content (AvgIpc) is 2.69. The van der Waals surface area contributed by atoms with E-state index in [-0.39, 0.29) is 6.03 Å². The Labute approximate surface area is 148 Å². The monoisotopic (exact) mass is 337 g/mol. The number of benzene rings is 2. The fourth-order valence-corrected chi connectivity index (χ4v) is 2.90. The number of carbonyl (C=O) groups excluding carboxylic acids is 1. The first-order valence-electron chi connectivity index (χ1n) is 8.43. The molecule has 0 atom stereocenters. The topological polar surface area (TPSA) is 44.8 Å². The van der Waals surface area contributed by atoms with E-state index in [9.17, 15) is 4.79 Å². The summed E-state index contributed by atoms with van der Waals surface area (Å²) in [6.45, 7) is 3.10. The molecule has 1 saturated heterocycles. The molecule has 1 aliphatic heterocycles. The lowest BCUT2D eigenvalue weighted by atomic mass is 10.2. The minimum atomic E-state index is -0.0705. The number of methoxy groups -OCH3 is 1. The Morgan fingerprint density at radius 2 is 1.68 bits per heavy atom. The van der Waals surface area contributed by atoms with Crippen molar-refractivity contribution in [2.45, 2.75) is 0 Å². The largest absolute Gasteiger partial charge is 0.496 e. The number of hydrogen-bond donors (Lipinski definition) is 1. The molecule has 0 radical (unpaired) electrons. The minimum Gasteiger partial charge on any atom is -0.496 e. The van der Waals surface area contributed by atoms with E-state index in [1.807, 2.05) is 53.4 Å². The van der Waals surface area contributed by atoms with Gasteiger partial charge in [0.2, 0.25) is 0 Å². The predicted molar refractivity (Wildman–Crippen MR) is 101 cm³/mol. The highest BCUT2D eigenvalue weighted by atomic mass is 16.5. The van der Waals surface area contributed by atoms with Crippen molar-refractivity contribution in [3.05, 3.63) is 66.4 Å². The number of anilines is 1. The fourth-order valence-electron chi connectivity index (χ4n) is 2.90. The summed E-state index contributed by atoms with van der Waals surface area (Å²) in [6, 6.07) is 17.9. The van der Waals surface area contributed by atoms with Gasteiger partial charge in [-0.05, 0) is 24.3 Å². The van der Waals surface area contributed by atoms with E-state index in [1.54, 1.807) is 13.3 Å². The summed E-state index contributed by atoms with van der Waals surface area (Å²) in [7, 11) is 1.64. The highest BCUT2D eigenvalue weighted by Gasteiger charge is 2.20. The third-order valence-electron chi connectivity index (χ3n) is 4.30. The van der Waals surface area contributed by atoms with E-state index in [0.717, 1.165) is 24.4 Å². The molecule has 0 unspecified atom stereocenters. The fraction of sp³-hybridized carbons (Fsp3) is 0.250. The predicted octanol–water partition coefficient (Wildman–Crippen LogP) is 3.20. The molecule has 1 aliphatic rings. The van der Waals surface area contributed by atoms with Crippen molar-refractivity contribution in [1.29, 1.82) is 0 Å². The summed E-state index contributed by atoms with van der Waals surface area (Å²) in [6.07, 6.45) is 3.51. The molecule has 5 nitrogen and oxygen atoms in total. The number of amides is 2. The van der Waals surface area contributed by atoms with E-state index < -0.39 is 0 Å². The summed E-state index contributed by atoms with van der Waals surface area (Å²) in [5, 5.41) is 2.84. The van der Waals surface area contributed by atoms with Gasteiger partial charge in [0.25, 0.3) is 0 Å². The zero-order chi connectivity index (χ0) is 17.5. The van der Waals surface area contributed by atoms with Gasteiger partial charge in [0.05, 0.1) is 7.11 Å². The molecule has 0 bridgehead atoms. The molecule has 0 aromatic heterocycles. The molecule has 25 heavy (non-hydrogen) atoms. The number of rotatable bonds is 4. The maximum absolute atomic E-state index is 12.3. The Morgan fingerprint density at radius 3 is 2.40 bits per heavy atom. The number of para-hydroxylation sites is 2. The number of hydrogen-bond acceptors (Lipinski definition) is 3. The van der Waals surface area contributed by atoms with Crippen molar-refractivity contribution < 1.29 is 9.53 Å². The molecule has 1 heterocycles. The second-order valence-electron chi connectivity index (χ2n) is 5.83. The van der Waals surface area contributed by atoms with Crippen molar-refractivity contribution in [1.82, 2.24) is 10.2 Å². The van der Waals surface area contributed by atoms with Crippen LogP contribution in [-0.4, -0.2) is 44.2 Å². The Morgan fingerprint density at radius 1 is 1.00 bits per heavy atom. The smallest absolute Gasteiger partial charge is 0.321 e. The molecule has 130 valence electrons. The van der Waals surface area contributed by atoms with Crippen LogP contribution in [0.15, 0.2) is 60.8 Å². The summed E-state index contributed by atoms with van der Waals surface area (Å²) in [4.78, 5) is 16.4. The Kier molecular flexibility index (Phi) is 5.57. The van der Waals surface area contributed by atoms with E-state index in [2.05, 4.69) is 22.3 Å². The van der Waals surface area contributed by atoms with Gasteiger partial charge in [-0.1, -0.05) is 36.4 Å². The van der Waals surface area contributed by atoms with Gasteiger partial charge in [-0.2, -0.15) is 0 Å². The Balaban J connectivity index is 1.50. The second kappa shape index (κ2) is 8.24. The normalized spacial score (nSPS) is 14.6. The molecule has 2 aromatic carbocycles. The van der Waals surface area contributed by atoms with Crippen LogP contribution < -0.4 is 15.0 Å². The van der Waals surface area contributed by atoms with Crippen LogP contribution in [0.25, 0.3) is 6.08 Å². The van der Waals surface area contributed by atoms with Crippen LogP contribution in [-0.2, 0) is 0 Å². The maximum Gasteiger partial charge on any atom is 0.321 e. The number of piperazine rings is 1. The van der Waals surface area contributed by atoms with Crippen LogP contribution in [0.4, 0.5) is 10.5 Å². The SMILES string of the molecule is COc1ccccc1/C=C/NC(=O)N1CCN(c2ccccc2)CC1. The van der Waals surface area contributed by atoms with Crippen molar-refractivity contribution in [2.24, 2.45) is 0 Å². The zero-order valence-electron chi connectivity index (χ0n) is 14.4. The molecule has 3 rings (SSSR count). The summed E-state index contributed by atoms with van der Waals surface area (Å²) in [5.41, 5.74) is 2.14. The first-order valence-corrected chi connectivity index (χ1v) is 8.43. The Bertz CT molecular complexity index is 723. The molecule has 2 amide bonds. The van der Waals surface area contributed by atoms with Gasteiger partial charge in [0.1, 0.15) is 5.75 Å². The van der Waals surface area contributed by atoms with Gasteiger partial charge in [0.15, 0.2) is 0 Å². The Hall–Kier alpha value is -2.95. The molecule has 1 N–H and O–H groups in total. The summed E-state index contributed by atoms with van der Waals surface area (Å²) >= 11 is 0. The molecule has 0 spiro atoms. The molecule has 1 fully saturated rings. The van der Waals surface area contributed by atoms with Gasteiger partial charge in [-0.3, -0.25) is 0 Å². The quantitative estimate of drug-likeness (QED) is 0.932. The first-order chi connectivity index (χ1) is 12.3. The van der Waals surface area contributed by atoms with Crippen LogP contribution in [0.2, 0.25) is 0 Å². The first kappa shape index (κ1) is 16.9. The lowest BCUT2D eigenvalue weighted by Gasteiger charge is -2.35. The van der Waals surface area contributed by atoms with Crippen molar-refractivity contribution in [3.8, 4) is 5.75 Å². The van der Waals surface area contributed by atoms with Crippen molar-refractivity contribution in [3.63, 3.8) is 0 Å². The second-order valence-corrected chi connectivity index (χ2v) is 5.83. The number of nitrogens with zero attached hydrogens (tertiary/aromatic N) is 2. The maximum atomic E-state index is 12.3. The standard InChI is InChI=1S/C20H23N3O2/c1-25-19-10-6-5-7-17(19)11-12-21-20(24)23-15-13-22(14-16-23)18-8-3-2-4-9-18/h2-12H,13-16H2,1H3,(H,21,24)/b12-11+. The summed E-state index contributed by atoms with van der Waals surface area (Å²) in [5.74, 6) is 0.782. The van der Waals surface area contributed by atoms with Crippen LogP contribution in [0, 0.1) is 0 Å². The summed E-state index contributed by atoms with van der Waals surface area (Å²) < 4.78 is 5.29. The van der Waals surface area contributed by atoms with Crippen LogP contribution in [0.5, 0.6) is 5.75 Å². The van der Waals surface area contributed by atoms with E-state index in [1.165, 1.54) is 5.69 Å². The number of carbonyl (C=O) groups is 1. The molecule has 0 aliphatic carbocycles. The molecule has 0 saturated carbocycles. The lowest BCUT2D eigenvalue weighted by Crippen LogP contribution is -2.51. The third kappa shape index (κ3) is 4.32. The number of ether oxygens (including phenoxy) is 1. The molecular formula is C20H23N3O2. The van der Waals surface area contributed by atoms with E-state index in [0.29, 0.717) is 13.1 Å². The number of nitrogens with one attached hydrogen (secondary N) is 1. The van der Waals surface area contributed by atoms with Crippen LogP contribution >= 0.6 is 0 Å². The van der Waals surface area contributed by atoms with Gasteiger partial charge in [-0.15, -0.1) is 0 Å². The minimum absolute atomic E-state index is 0.0705. The molecule has 5 heteroatoms. The molecule has 2 aromatic rings. The number of urea groups is 1. The zero-order valence-corrected chi connectivity index (χ0v) is 14.4.